The lowest BCUT2D eigenvalue weighted by molar-refractivity contribution is 0.530. The highest BCUT2D eigenvalue weighted by Crippen LogP contribution is 2.13. The lowest BCUT2D eigenvalue weighted by Crippen LogP contribution is -2.21. The molecule has 0 fully saturated rings. The molecule has 2 nitrogen and oxygen atoms in total. The lowest BCUT2D eigenvalue weighted by atomic mass is 10.0. The highest BCUT2D eigenvalue weighted by Gasteiger charge is 1.96. The van der Waals surface area contributed by atoms with Crippen LogP contribution in [0.4, 0.5) is 0 Å². The molecule has 0 aromatic heterocycles. The minimum absolute atomic E-state index is 1.01. The van der Waals surface area contributed by atoms with Gasteiger partial charge in [0.15, 0.2) is 0 Å². The molecule has 0 unspecified atom stereocenters. The summed E-state index contributed by atoms with van der Waals surface area (Å²) in [5.41, 5.74) is 1.17. The van der Waals surface area contributed by atoms with E-state index in [1.54, 1.807) is 0 Å². The minimum atomic E-state index is 1.01. The van der Waals surface area contributed by atoms with Gasteiger partial charge in [0.05, 0.1) is 0 Å². The molecule has 0 heterocycles. The Morgan fingerprint density at radius 2 is 1.15 bits per heavy atom. The summed E-state index contributed by atoms with van der Waals surface area (Å²) in [7, 11) is 0. The van der Waals surface area contributed by atoms with Gasteiger partial charge < -0.3 is 10.6 Å². The molecule has 0 radical (unpaired) electrons. The van der Waals surface area contributed by atoms with Gasteiger partial charge in [-0.1, -0.05) is 109 Å². The van der Waals surface area contributed by atoms with Crippen LogP contribution < -0.4 is 10.6 Å². The third-order valence-corrected chi connectivity index (χ3v) is 5.28. The fourth-order valence-corrected chi connectivity index (χ4v) is 3.42. The van der Waals surface area contributed by atoms with Gasteiger partial charge in [-0.3, -0.25) is 0 Å². The summed E-state index contributed by atoms with van der Waals surface area (Å²) in [5.74, 6) is 0. The average Bonchev–Trinajstić information content (AvgIpc) is 2.67. The van der Waals surface area contributed by atoms with Crippen molar-refractivity contribution in [3.05, 3.63) is 24.9 Å². The summed E-state index contributed by atoms with van der Waals surface area (Å²) in [6.07, 6.45) is 25.4. The van der Waals surface area contributed by atoms with Crippen LogP contribution in [0.2, 0.25) is 0 Å². The SMILES string of the molecule is C=CCCNCCC(=C)NCCCCCCCCCCCCCCCCC. The molecule has 0 rings (SSSR count). The van der Waals surface area contributed by atoms with E-state index in [9.17, 15) is 0 Å². The highest BCUT2D eigenvalue weighted by atomic mass is 14.9. The maximum atomic E-state index is 4.11. The normalized spacial score (nSPS) is 10.9. The molecule has 0 atom stereocenters. The van der Waals surface area contributed by atoms with Crippen LogP contribution in [-0.2, 0) is 0 Å². The molecular formula is C25H50N2. The van der Waals surface area contributed by atoms with Gasteiger partial charge in [0.1, 0.15) is 0 Å². The van der Waals surface area contributed by atoms with Crippen LogP contribution in [0, 0.1) is 0 Å². The Labute approximate surface area is 171 Å². The van der Waals surface area contributed by atoms with Gasteiger partial charge in [0.25, 0.3) is 0 Å². The van der Waals surface area contributed by atoms with E-state index in [1.165, 1.54) is 102 Å². The monoisotopic (exact) mass is 378 g/mol. The Bertz CT molecular complexity index is 311. The maximum Gasteiger partial charge on any atom is 0.0143 e. The Kier molecular flexibility index (Phi) is 22.6. The first kappa shape index (κ1) is 26.2. The average molecular weight is 379 g/mol. The van der Waals surface area contributed by atoms with E-state index < -0.39 is 0 Å². The van der Waals surface area contributed by atoms with E-state index in [2.05, 4.69) is 30.7 Å². The molecule has 27 heavy (non-hydrogen) atoms. The fourth-order valence-electron chi connectivity index (χ4n) is 3.42. The largest absolute Gasteiger partial charge is 0.389 e. The van der Waals surface area contributed by atoms with Gasteiger partial charge in [-0.2, -0.15) is 0 Å². The van der Waals surface area contributed by atoms with Crippen LogP contribution in [0.1, 0.15) is 116 Å². The Morgan fingerprint density at radius 1 is 0.667 bits per heavy atom. The molecule has 0 aromatic carbocycles. The second-order valence-corrected chi connectivity index (χ2v) is 8.06. The van der Waals surface area contributed by atoms with Gasteiger partial charge in [0, 0.05) is 18.8 Å². The number of unbranched alkanes of at least 4 members (excludes halogenated alkanes) is 14. The first-order chi connectivity index (χ1) is 13.3. The molecule has 0 aliphatic heterocycles. The molecular weight excluding hydrogens is 328 g/mol. The smallest absolute Gasteiger partial charge is 0.0143 e. The maximum absolute atomic E-state index is 4.11. The Morgan fingerprint density at radius 3 is 1.63 bits per heavy atom. The molecule has 0 saturated heterocycles. The predicted molar refractivity (Wildman–Crippen MR) is 124 cm³/mol. The molecule has 0 spiro atoms. The van der Waals surface area contributed by atoms with Crippen molar-refractivity contribution in [3.8, 4) is 0 Å². The van der Waals surface area contributed by atoms with E-state index in [4.69, 9.17) is 0 Å². The van der Waals surface area contributed by atoms with Crippen LogP contribution in [-0.4, -0.2) is 19.6 Å². The highest BCUT2D eigenvalue weighted by molar-refractivity contribution is 4.91. The van der Waals surface area contributed by atoms with Crippen molar-refractivity contribution in [2.45, 2.75) is 116 Å². The van der Waals surface area contributed by atoms with Crippen molar-refractivity contribution in [2.75, 3.05) is 19.6 Å². The van der Waals surface area contributed by atoms with Crippen molar-refractivity contribution >= 4 is 0 Å². The summed E-state index contributed by atoms with van der Waals surface area (Å²) >= 11 is 0. The number of nitrogens with one attached hydrogen (secondary N) is 2. The zero-order valence-corrected chi connectivity index (χ0v) is 18.6. The molecule has 0 bridgehead atoms. The Hall–Kier alpha value is -0.760. The summed E-state index contributed by atoms with van der Waals surface area (Å²) in [6, 6.07) is 0. The van der Waals surface area contributed by atoms with Gasteiger partial charge >= 0.3 is 0 Å². The van der Waals surface area contributed by atoms with Crippen molar-refractivity contribution in [1.82, 2.24) is 10.6 Å². The molecule has 0 saturated carbocycles. The van der Waals surface area contributed by atoms with Crippen molar-refractivity contribution in [3.63, 3.8) is 0 Å². The van der Waals surface area contributed by atoms with Gasteiger partial charge in [-0.25, -0.2) is 0 Å². The van der Waals surface area contributed by atoms with Crippen LogP contribution in [0.25, 0.3) is 0 Å². The summed E-state index contributed by atoms with van der Waals surface area (Å²) in [4.78, 5) is 0. The summed E-state index contributed by atoms with van der Waals surface area (Å²) in [6.45, 7) is 13.3. The van der Waals surface area contributed by atoms with Gasteiger partial charge in [-0.15, -0.1) is 6.58 Å². The third-order valence-electron chi connectivity index (χ3n) is 5.28. The van der Waals surface area contributed by atoms with Gasteiger partial charge in [0.2, 0.25) is 0 Å². The van der Waals surface area contributed by atoms with Crippen LogP contribution >= 0.6 is 0 Å². The molecule has 0 aliphatic rings. The molecule has 0 amide bonds. The fraction of sp³-hybridized carbons (Fsp3) is 0.840. The molecule has 2 N–H and O–H groups in total. The minimum Gasteiger partial charge on any atom is -0.389 e. The predicted octanol–water partition coefficient (Wildman–Crippen LogP) is 7.52. The zero-order chi connectivity index (χ0) is 19.8. The van der Waals surface area contributed by atoms with E-state index >= 15 is 0 Å². The number of hydrogen-bond acceptors (Lipinski definition) is 2. The second kappa shape index (κ2) is 23.3. The van der Waals surface area contributed by atoms with E-state index in [0.717, 1.165) is 32.5 Å². The quantitative estimate of drug-likeness (QED) is 0.142. The lowest BCUT2D eigenvalue weighted by Gasteiger charge is -2.10. The van der Waals surface area contributed by atoms with Gasteiger partial charge in [-0.05, 0) is 25.8 Å². The number of hydrogen-bond donors (Lipinski definition) is 2. The standard InChI is InChI=1S/C25H50N2/c1-4-6-8-9-10-11-12-13-14-15-16-17-18-19-20-23-27-25(3)21-24-26-22-7-5-2/h5,26-27H,2-4,6-24H2,1H3. The first-order valence-electron chi connectivity index (χ1n) is 12.0. The molecule has 0 aromatic rings. The van der Waals surface area contributed by atoms with Crippen molar-refractivity contribution < 1.29 is 0 Å². The second-order valence-electron chi connectivity index (χ2n) is 8.06. The van der Waals surface area contributed by atoms with E-state index in [-0.39, 0.29) is 0 Å². The third kappa shape index (κ3) is 23.2. The zero-order valence-electron chi connectivity index (χ0n) is 18.6. The van der Waals surface area contributed by atoms with Crippen molar-refractivity contribution in [1.29, 1.82) is 0 Å². The first-order valence-corrected chi connectivity index (χ1v) is 12.0. The topological polar surface area (TPSA) is 24.1 Å². The summed E-state index contributed by atoms with van der Waals surface area (Å²) in [5, 5.41) is 6.87. The molecule has 2 heteroatoms. The van der Waals surface area contributed by atoms with Crippen LogP contribution in [0.15, 0.2) is 24.9 Å². The van der Waals surface area contributed by atoms with Crippen LogP contribution in [0.3, 0.4) is 0 Å². The molecule has 160 valence electrons. The van der Waals surface area contributed by atoms with Crippen LogP contribution in [0.5, 0.6) is 0 Å². The summed E-state index contributed by atoms with van der Waals surface area (Å²) < 4.78 is 0. The Balaban J connectivity index is 3.10. The molecule has 0 aliphatic carbocycles. The number of rotatable bonds is 23. The van der Waals surface area contributed by atoms with E-state index in [1.807, 2.05) is 6.08 Å². The van der Waals surface area contributed by atoms with Crippen molar-refractivity contribution in [2.24, 2.45) is 0 Å². The van der Waals surface area contributed by atoms with E-state index in [0.29, 0.717) is 0 Å².